The highest BCUT2D eigenvalue weighted by molar-refractivity contribution is 6.03. The van der Waals surface area contributed by atoms with E-state index in [1.807, 2.05) is 24.3 Å². The number of carbonyl (C=O) groups is 2. The third-order valence-electron chi connectivity index (χ3n) is 5.04. The fourth-order valence-electron chi connectivity index (χ4n) is 3.82. The van der Waals surface area contributed by atoms with Gasteiger partial charge in [0.15, 0.2) is 0 Å². The minimum atomic E-state index is -0.390. The van der Waals surface area contributed by atoms with Crippen LogP contribution in [0.3, 0.4) is 0 Å². The van der Waals surface area contributed by atoms with Gasteiger partial charge in [-0.2, -0.15) is 0 Å². The molecule has 0 saturated heterocycles. The number of para-hydroxylation sites is 1. The van der Waals surface area contributed by atoms with Gasteiger partial charge < -0.3 is 5.32 Å². The average molecular weight is 300 g/mol. The second-order valence-corrected chi connectivity index (χ2v) is 6.42. The monoisotopic (exact) mass is 300 g/mol. The largest absolute Gasteiger partial charge is 0.357 e. The predicted octanol–water partition coefficient (Wildman–Crippen LogP) is 2.66. The van der Waals surface area contributed by atoms with Gasteiger partial charge in [0, 0.05) is 25.6 Å². The van der Waals surface area contributed by atoms with E-state index in [9.17, 15) is 9.59 Å². The summed E-state index contributed by atoms with van der Waals surface area (Å²) >= 11 is 0. The molecule has 2 amide bonds. The molecule has 1 atom stereocenters. The molecule has 0 spiro atoms. The molecule has 0 radical (unpaired) electrons. The van der Waals surface area contributed by atoms with E-state index < -0.39 is 6.04 Å². The molecule has 4 nitrogen and oxygen atoms in total. The third kappa shape index (κ3) is 2.87. The van der Waals surface area contributed by atoms with E-state index in [4.69, 9.17) is 0 Å². The number of hydrogen-bond acceptors (Lipinski definition) is 2. The number of rotatable bonds is 4. The molecule has 0 bridgehead atoms. The van der Waals surface area contributed by atoms with Crippen LogP contribution in [0.2, 0.25) is 0 Å². The number of anilines is 1. The lowest BCUT2D eigenvalue weighted by Crippen LogP contribution is -2.47. The quantitative estimate of drug-likeness (QED) is 0.929. The Kier molecular flexibility index (Phi) is 4.46. The molecule has 1 fully saturated rings. The molecule has 4 heteroatoms. The van der Waals surface area contributed by atoms with Gasteiger partial charge in [0.2, 0.25) is 11.8 Å². The number of carbonyl (C=O) groups excluding carboxylic acids is 2. The van der Waals surface area contributed by atoms with Gasteiger partial charge in [-0.25, -0.2) is 0 Å². The SMILES string of the molecule is CNC(=O)C1Cc2ccccc2N1C(=O)CCC1CCCC1. The van der Waals surface area contributed by atoms with Gasteiger partial charge in [-0.05, 0) is 24.0 Å². The summed E-state index contributed by atoms with van der Waals surface area (Å²) in [7, 11) is 1.63. The van der Waals surface area contributed by atoms with Gasteiger partial charge >= 0.3 is 0 Å². The van der Waals surface area contributed by atoms with Crippen molar-refractivity contribution in [2.75, 3.05) is 11.9 Å². The Morgan fingerprint density at radius 1 is 1.23 bits per heavy atom. The highest BCUT2D eigenvalue weighted by atomic mass is 16.2. The van der Waals surface area contributed by atoms with E-state index in [0.29, 0.717) is 18.8 Å². The Morgan fingerprint density at radius 3 is 2.68 bits per heavy atom. The van der Waals surface area contributed by atoms with E-state index in [1.165, 1.54) is 25.7 Å². The van der Waals surface area contributed by atoms with E-state index >= 15 is 0 Å². The molecule has 1 heterocycles. The van der Waals surface area contributed by atoms with Gasteiger partial charge in [-0.3, -0.25) is 14.5 Å². The second kappa shape index (κ2) is 6.51. The fraction of sp³-hybridized carbons (Fsp3) is 0.556. The number of nitrogens with one attached hydrogen (secondary N) is 1. The number of benzene rings is 1. The van der Waals surface area contributed by atoms with Crippen molar-refractivity contribution in [2.24, 2.45) is 5.92 Å². The predicted molar refractivity (Wildman–Crippen MR) is 86.7 cm³/mol. The van der Waals surface area contributed by atoms with Crippen molar-refractivity contribution in [1.29, 1.82) is 0 Å². The lowest BCUT2D eigenvalue weighted by molar-refractivity contribution is -0.126. The Bertz CT molecular complexity index is 564. The summed E-state index contributed by atoms with van der Waals surface area (Å²) in [5.74, 6) is 0.705. The topological polar surface area (TPSA) is 49.4 Å². The smallest absolute Gasteiger partial charge is 0.243 e. The lowest BCUT2D eigenvalue weighted by Gasteiger charge is -2.25. The van der Waals surface area contributed by atoms with Crippen LogP contribution < -0.4 is 10.2 Å². The molecule has 1 N–H and O–H groups in total. The van der Waals surface area contributed by atoms with Gasteiger partial charge in [-0.1, -0.05) is 43.9 Å². The molecule has 1 saturated carbocycles. The summed E-state index contributed by atoms with van der Waals surface area (Å²) in [5, 5.41) is 2.69. The molecule has 118 valence electrons. The van der Waals surface area contributed by atoms with Crippen molar-refractivity contribution < 1.29 is 9.59 Å². The minimum Gasteiger partial charge on any atom is -0.357 e. The average Bonchev–Trinajstić information content (AvgIpc) is 3.18. The highest BCUT2D eigenvalue weighted by Crippen LogP contribution is 2.34. The Balaban J connectivity index is 1.74. The first-order chi connectivity index (χ1) is 10.7. The molecule has 1 aromatic rings. The summed E-state index contributed by atoms with van der Waals surface area (Å²) in [6.07, 6.45) is 7.22. The second-order valence-electron chi connectivity index (χ2n) is 6.42. The first kappa shape index (κ1) is 15.1. The van der Waals surface area contributed by atoms with Crippen LogP contribution in [0, 0.1) is 5.92 Å². The Hall–Kier alpha value is -1.84. The molecule has 22 heavy (non-hydrogen) atoms. The maximum atomic E-state index is 12.7. The van der Waals surface area contributed by atoms with Gasteiger partial charge in [0.25, 0.3) is 0 Å². The molecule has 1 aliphatic heterocycles. The van der Waals surface area contributed by atoms with Crippen LogP contribution in [0.4, 0.5) is 5.69 Å². The summed E-state index contributed by atoms with van der Waals surface area (Å²) in [6, 6.07) is 7.47. The first-order valence-electron chi connectivity index (χ1n) is 8.32. The number of fused-ring (bicyclic) bond motifs is 1. The summed E-state index contributed by atoms with van der Waals surface area (Å²) in [6.45, 7) is 0. The van der Waals surface area contributed by atoms with Crippen molar-refractivity contribution in [3.05, 3.63) is 29.8 Å². The van der Waals surface area contributed by atoms with E-state index in [-0.39, 0.29) is 11.8 Å². The fourth-order valence-corrected chi connectivity index (χ4v) is 3.82. The van der Waals surface area contributed by atoms with Gasteiger partial charge in [0.1, 0.15) is 6.04 Å². The van der Waals surface area contributed by atoms with Crippen molar-refractivity contribution in [3.8, 4) is 0 Å². The van der Waals surface area contributed by atoms with E-state index in [2.05, 4.69) is 5.32 Å². The first-order valence-corrected chi connectivity index (χ1v) is 8.32. The van der Waals surface area contributed by atoms with Crippen LogP contribution in [0.5, 0.6) is 0 Å². The third-order valence-corrected chi connectivity index (χ3v) is 5.04. The molecule has 2 aliphatic rings. The molecular weight excluding hydrogens is 276 g/mol. The number of amides is 2. The maximum Gasteiger partial charge on any atom is 0.243 e. The number of hydrogen-bond donors (Lipinski definition) is 1. The number of nitrogens with zero attached hydrogens (tertiary/aromatic N) is 1. The number of likely N-dealkylation sites (N-methyl/N-ethyl adjacent to an activating group) is 1. The maximum absolute atomic E-state index is 12.7. The zero-order valence-corrected chi connectivity index (χ0v) is 13.2. The van der Waals surface area contributed by atoms with Crippen molar-refractivity contribution in [1.82, 2.24) is 5.32 Å². The van der Waals surface area contributed by atoms with E-state index in [0.717, 1.165) is 17.7 Å². The zero-order valence-electron chi connectivity index (χ0n) is 13.2. The van der Waals surface area contributed by atoms with Crippen LogP contribution in [-0.4, -0.2) is 24.9 Å². The molecule has 1 aromatic carbocycles. The van der Waals surface area contributed by atoms with E-state index in [1.54, 1.807) is 11.9 Å². The molecule has 1 aliphatic carbocycles. The highest BCUT2D eigenvalue weighted by Gasteiger charge is 2.37. The molecule has 3 rings (SSSR count). The van der Waals surface area contributed by atoms with Crippen LogP contribution in [0.15, 0.2) is 24.3 Å². The standard InChI is InChI=1S/C18H24N2O2/c1-19-18(22)16-12-14-8-4-5-9-15(14)20(16)17(21)11-10-13-6-2-3-7-13/h4-5,8-9,13,16H,2-3,6-7,10-12H2,1H3,(H,19,22). The summed E-state index contributed by atoms with van der Waals surface area (Å²) in [4.78, 5) is 26.6. The van der Waals surface area contributed by atoms with Crippen LogP contribution in [-0.2, 0) is 16.0 Å². The summed E-state index contributed by atoms with van der Waals surface area (Å²) in [5.41, 5.74) is 2.00. The normalized spacial score (nSPS) is 21.0. The minimum absolute atomic E-state index is 0.0783. The van der Waals surface area contributed by atoms with Crippen LogP contribution in [0.1, 0.15) is 44.1 Å². The molecule has 1 unspecified atom stereocenters. The lowest BCUT2D eigenvalue weighted by atomic mass is 10.0. The van der Waals surface area contributed by atoms with Crippen molar-refractivity contribution in [3.63, 3.8) is 0 Å². The Labute approximate surface area is 131 Å². The van der Waals surface area contributed by atoms with Crippen molar-refractivity contribution in [2.45, 2.75) is 51.0 Å². The van der Waals surface area contributed by atoms with Gasteiger partial charge in [-0.15, -0.1) is 0 Å². The van der Waals surface area contributed by atoms with Crippen LogP contribution >= 0.6 is 0 Å². The van der Waals surface area contributed by atoms with Crippen molar-refractivity contribution >= 4 is 17.5 Å². The van der Waals surface area contributed by atoms with Crippen LogP contribution in [0.25, 0.3) is 0 Å². The van der Waals surface area contributed by atoms with Gasteiger partial charge in [0.05, 0.1) is 0 Å². The molecule has 0 aromatic heterocycles. The zero-order chi connectivity index (χ0) is 15.5. The Morgan fingerprint density at radius 2 is 1.95 bits per heavy atom. The molecular formula is C18H24N2O2. The summed E-state index contributed by atoms with van der Waals surface area (Å²) < 4.78 is 0.